The predicted octanol–water partition coefficient (Wildman–Crippen LogP) is 9.21. The Morgan fingerprint density at radius 1 is 0.552 bits per heavy atom. The molecule has 1 aromatic rings. The van der Waals surface area contributed by atoms with Crippen LogP contribution in [0.1, 0.15) is 141 Å². The first-order valence-electron chi connectivity index (χ1n) is 13.0. The molecule has 0 saturated heterocycles. The number of nitrogens with two attached hydrogens (primary N) is 1. The number of aryl methyl sites for hydroxylation is 1. The van der Waals surface area contributed by atoms with E-state index in [-0.39, 0.29) is 5.54 Å². The van der Waals surface area contributed by atoms with E-state index in [0.29, 0.717) is 0 Å². The van der Waals surface area contributed by atoms with Crippen molar-refractivity contribution in [3.05, 3.63) is 35.4 Å². The summed E-state index contributed by atoms with van der Waals surface area (Å²) in [6, 6.07) is 9.03. The Hall–Kier alpha value is -0.820. The molecule has 168 valence electrons. The summed E-state index contributed by atoms with van der Waals surface area (Å²) in [7, 11) is 0. The molecule has 0 spiro atoms. The molecule has 0 unspecified atom stereocenters. The molecule has 0 amide bonds. The number of benzene rings is 1. The minimum atomic E-state index is -0.127. The fourth-order valence-corrected chi connectivity index (χ4v) is 4.45. The number of unbranched alkanes of at least 4 members (excludes halogenated alkanes) is 14. The van der Waals surface area contributed by atoms with Crippen LogP contribution in [0.3, 0.4) is 0 Å². The van der Waals surface area contributed by atoms with Crippen LogP contribution in [0.5, 0.6) is 0 Å². The average molecular weight is 402 g/mol. The molecular weight excluding hydrogens is 350 g/mol. The van der Waals surface area contributed by atoms with Crippen LogP contribution in [-0.4, -0.2) is 0 Å². The third-order valence-corrected chi connectivity index (χ3v) is 6.58. The highest BCUT2D eigenvalue weighted by atomic mass is 14.7. The number of hydrogen-bond acceptors (Lipinski definition) is 1. The molecule has 0 radical (unpaired) electrons. The first-order valence-corrected chi connectivity index (χ1v) is 13.0. The van der Waals surface area contributed by atoms with Crippen molar-refractivity contribution in [3.63, 3.8) is 0 Å². The van der Waals surface area contributed by atoms with Gasteiger partial charge in [-0.15, -0.1) is 0 Å². The van der Waals surface area contributed by atoms with Crippen molar-refractivity contribution in [3.8, 4) is 0 Å². The minimum Gasteiger partial charge on any atom is -0.321 e. The first kappa shape index (κ1) is 26.2. The van der Waals surface area contributed by atoms with E-state index in [1.807, 2.05) is 0 Å². The quantitative estimate of drug-likeness (QED) is 0.230. The summed E-state index contributed by atoms with van der Waals surface area (Å²) in [5, 5.41) is 0. The van der Waals surface area contributed by atoms with E-state index in [1.54, 1.807) is 0 Å². The molecule has 0 fully saturated rings. The first-order chi connectivity index (χ1) is 14.1. The van der Waals surface area contributed by atoms with Gasteiger partial charge in [0.25, 0.3) is 0 Å². The van der Waals surface area contributed by atoms with Crippen LogP contribution in [0.25, 0.3) is 0 Å². The van der Waals surface area contributed by atoms with E-state index in [4.69, 9.17) is 5.73 Å². The Morgan fingerprint density at radius 2 is 0.897 bits per heavy atom. The molecule has 0 aliphatic rings. The van der Waals surface area contributed by atoms with Crippen LogP contribution in [0.2, 0.25) is 0 Å². The van der Waals surface area contributed by atoms with Gasteiger partial charge in [0.1, 0.15) is 0 Å². The van der Waals surface area contributed by atoms with Gasteiger partial charge in [-0.25, -0.2) is 0 Å². The maximum Gasteiger partial charge on any atom is 0.0409 e. The lowest BCUT2D eigenvalue weighted by molar-refractivity contribution is 0.343. The largest absolute Gasteiger partial charge is 0.321 e. The van der Waals surface area contributed by atoms with E-state index >= 15 is 0 Å². The van der Waals surface area contributed by atoms with Gasteiger partial charge in [0, 0.05) is 5.54 Å². The second-order valence-corrected chi connectivity index (χ2v) is 9.47. The van der Waals surface area contributed by atoms with Crippen molar-refractivity contribution < 1.29 is 0 Å². The Kier molecular flexibility index (Phi) is 15.3. The lowest BCUT2D eigenvalue weighted by Crippen LogP contribution is -2.36. The Morgan fingerprint density at radius 3 is 1.28 bits per heavy atom. The normalized spacial score (nSPS) is 11.9. The standard InChI is InChI=1S/C28H51N/c1-4-6-8-10-12-14-16-18-24-28(29,27-22-20-26(3)21-23-27)25-19-17-15-13-11-9-7-5-2/h20-23H,4-19,24-25,29H2,1-3H3. The molecule has 2 N–H and O–H groups in total. The topological polar surface area (TPSA) is 26.0 Å². The summed E-state index contributed by atoms with van der Waals surface area (Å²) in [4.78, 5) is 0. The summed E-state index contributed by atoms with van der Waals surface area (Å²) in [6.07, 6.45) is 24.2. The third-order valence-electron chi connectivity index (χ3n) is 6.58. The lowest BCUT2D eigenvalue weighted by atomic mass is 9.81. The van der Waals surface area contributed by atoms with Crippen molar-refractivity contribution in [2.24, 2.45) is 5.73 Å². The average Bonchev–Trinajstić information content (AvgIpc) is 2.72. The van der Waals surface area contributed by atoms with Crippen molar-refractivity contribution >= 4 is 0 Å². The Balaban J connectivity index is 2.37. The zero-order valence-electron chi connectivity index (χ0n) is 20.1. The molecule has 0 atom stereocenters. The van der Waals surface area contributed by atoms with Gasteiger partial charge >= 0.3 is 0 Å². The van der Waals surface area contributed by atoms with Crippen molar-refractivity contribution in [1.29, 1.82) is 0 Å². The molecule has 0 bridgehead atoms. The summed E-state index contributed by atoms with van der Waals surface area (Å²) in [5.41, 5.74) is 9.59. The van der Waals surface area contributed by atoms with E-state index in [2.05, 4.69) is 45.0 Å². The zero-order valence-corrected chi connectivity index (χ0v) is 20.1. The summed E-state index contributed by atoms with van der Waals surface area (Å²) in [5.74, 6) is 0. The molecule has 29 heavy (non-hydrogen) atoms. The second kappa shape index (κ2) is 16.9. The molecule has 1 heteroatoms. The molecule has 0 saturated carbocycles. The van der Waals surface area contributed by atoms with Gasteiger partial charge in [0.15, 0.2) is 0 Å². The highest BCUT2D eigenvalue weighted by Gasteiger charge is 2.26. The lowest BCUT2D eigenvalue weighted by Gasteiger charge is -2.31. The van der Waals surface area contributed by atoms with Crippen molar-refractivity contribution in [1.82, 2.24) is 0 Å². The highest BCUT2D eigenvalue weighted by Crippen LogP contribution is 2.31. The highest BCUT2D eigenvalue weighted by molar-refractivity contribution is 5.27. The van der Waals surface area contributed by atoms with Gasteiger partial charge in [-0.3, -0.25) is 0 Å². The van der Waals surface area contributed by atoms with Crippen molar-refractivity contribution in [2.75, 3.05) is 0 Å². The predicted molar refractivity (Wildman–Crippen MR) is 131 cm³/mol. The third kappa shape index (κ3) is 12.5. The summed E-state index contributed by atoms with van der Waals surface area (Å²) < 4.78 is 0. The Labute approximate surface area is 183 Å². The second-order valence-electron chi connectivity index (χ2n) is 9.47. The molecule has 0 aliphatic heterocycles. The maximum atomic E-state index is 7.03. The van der Waals surface area contributed by atoms with Gasteiger partial charge in [-0.05, 0) is 25.3 Å². The number of rotatable bonds is 19. The molecule has 1 rings (SSSR count). The van der Waals surface area contributed by atoms with Crippen LogP contribution in [0.4, 0.5) is 0 Å². The smallest absolute Gasteiger partial charge is 0.0409 e. The van der Waals surface area contributed by atoms with Gasteiger partial charge < -0.3 is 5.73 Å². The molecule has 1 nitrogen and oxygen atoms in total. The monoisotopic (exact) mass is 401 g/mol. The molecule has 0 aliphatic carbocycles. The van der Waals surface area contributed by atoms with Crippen LogP contribution in [0, 0.1) is 6.92 Å². The molecular formula is C28H51N. The summed E-state index contributed by atoms with van der Waals surface area (Å²) in [6.45, 7) is 6.75. The fraction of sp³-hybridized carbons (Fsp3) is 0.786. The van der Waals surface area contributed by atoms with Gasteiger partial charge in [0.05, 0.1) is 0 Å². The van der Waals surface area contributed by atoms with Crippen LogP contribution in [-0.2, 0) is 5.54 Å². The number of hydrogen-bond donors (Lipinski definition) is 1. The van der Waals surface area contributed by atoms with Gasteiger partial charge in [-0.1, -0.05) is 146 Å². The van der Waals surface area contributed by atoms with E-state index in [1.165, 1.54) is 114 Å². The zero-order chi connectivity index (χ0) is 21.2. The van der Waals surface area contributed by atoms with E-state index in [0.717, 1.165) is 12.8 Å². The van der Waals surface area contributed by atoms with E-state index in [9.17, 15) is 0 Å². The minimum absolute atomic E-state index is 0.127. The van der Waals surface area contributed by atoms with Crippen LogP contribution < -0.4 is 5.73 Å². The van der Waals surface area contributed by atoms with Crippen LogP contribution in [0.15, 0.2) is 24.3 Å². The van der Waals surface area contributed by atoms with Crippen molar-refractivity contribution in [2.45, 2.75) is 142 Å². The molecule has 1 aromatic carbocycles. The van der Waals surface area contributed by atoms with Crippen LogP contribution >= 0.6 is 0 Å². The fourth-order valence-electron chi connectivity index (χ4n) is 4.45. The van der Waals surface area contributed by atoms with E-state index < -0.39 is 0 Å². The SMILES string of the molecule is CCCCCCCCCCC(N)(CCCCCCCCCC)c1ccc(C)cc1. The molecule has 0 heterocycles. The summed E-state index contributed by atoms with van der Waals surface area (Å²) >= 11 is 0. The Bertz CT molecular complexity index is 456. The maximum absolute atomic E-state index is 7.03. The van der Waals surface area contributed by atoms with Gasteiger partial charge in [0.2, 0.25) is 0 Å². The van der Waals surface area contributed by atoms with Gasteiger partial charge in [-0.2, -0.15) is 0 Å². The molecule has 0 aromatic heterocycles.